The summed E-state index contributed by atoms with van der Waals surface area (Å²) in [6.07, 6.45) is -0.0116. The predicted molar refractivity (Wildman–Crippen MR) is 62.3 cm³/mol. The second-order valence-corrected chi connectivity index (χ2v) is 6.00. The van der Waals surface area contributed by atoms with Crippen LogP contribution in [-0.2, 0) is 4.74 Å². The van der Waals surface area contributed by atoms with Gasteiger partial charge < -0.3 is 15.4 Å². The predicted octanol–water partition coefficient (Wildman–Crippen LogP) is 1.68. The lowest BCUT2D eigenvalue weighted by Gasteiger charge is -2.36. The summed E-state index contributed by atoms with van der Waals surface area (Å²) in [5.74, 6) is -0.0995. The van der Waals surface area contributed by atoms with E-state index < -0.39 is 11.8 Å². The number of alkyl halides is 1. The molecule has 1 heterocycles. The molecule has 2 N–H and O–H groups in total. The molecule has 2 bridgehead atoms. The molecule has 1 saturated carbocycles. The number of carbonyl (C=O) groups excluding carboxylic acids is 1. The van der Waals surface area contributed by atoms with Crippen molar-refractivity contribution in [3.63, 3.8) is 0 Å². The number of hydrogen-bond acceptors (Lipinski definition) is 3. The lowest BCUT2D eigenvalue weighted by Crippen LogP contribution is -2.52. The summed E-state index contributed by atoms with van der Waals surface area (Å²) in [5, 5.41) is 0. The number of nitrogens with two attached hydrogens (primary N) is 1. The first kappa shape index (κ1) is 12.6. The Bertz CT molecular complexity index is 316. The van der Waals surface area contributed by atoms with Crippen molar-refractivity contribution >= 4 is 6.09 Å². The number of amides is 1. The minimum atomic E-state index is -0.813. The van der Waals surface area contributed by atoms with Crippen LogP contribution < -0.4 is 5.73 Å². The van der Waals surface area contributed by atoms with Gasteiger partial charge in [-0.05, 0) is 33.6 Å². The van der Waals surface area contributed by atoms with E-state index in [1.165, 1.54) is 0 Å². The van der Waals surface area contributed by atoms with E-state index in [9.17, 15) is 9.18 Å². The van der Waals surface area contributed by atoms with E-state index in [0.717, 1.165) is 6.42 Å². The molecule has 0 radical (unpaired) electrons. The number of hydrogen-bond donors (Lipinski definition) is 1. The Morgan fingerprint density at radius 1 is 1.47 bits per heavy atom. The molecule has 2 rings (SSSR count). The van der Waals surface area contributed by atoms with Crippen molar-refractivity contribution in [2.75, 3.05) is 6.54 Å². The molecule has 0 spiro atoms. The number of rotatable bonds is 1. The summed E-state index contributed by atoms with van der Waals surface area (Å²) >= 11 is 0. The van der Waals surface area contributed by atoms with E-state index in [1.807, 2.05) is 20.8 Å². The molecule has 0 aromatic heterocycles. The largest absolute Gasteiger partial charge is 0.444 e. The summed E-state index contributed by atoms with van der Waals surface area (Å²) in [6, 6.07) is -0.225. The molecule has 98 valence electrons. The standard InChI is InChI=1S/C12H21FN2O2/c1-12(2,3)17-11(16)15-7-4-8(9(13)5-7)10(15)6-14/h7-10H,4-6,14H2,1-3H3/t7?,8-,9+,10-/m0/s1. The number of carbonyl (C=O) groups is 1. The van der Waals surface area contributed by atoms with Crippen molar-refractivity contribution < 1.29 is 13.9 Å². The van der Waals surface area contributed by atoms with Crippen LogP contribution in [-0.4, -0.2) is 41.4 Å². The summed E-state index contributed by atoms with van der Waals surface area (Å²) < 4.78 is 18.9. The van der Waals surface area contributed by atoms with Gasteiger partial charge in [-0.2, -0.15) is 0 Å². The van der Waals surface area contributed by atoms with E-state index in [0.29, 0.717) is 13.0 Å². The average molecular weight is 244 g/mol. The Morgan fingerprint density at radius 3 is 2.65 bits per heavy atom. The van der Waals surface area contributed by atoms with Crippen molar-refractivity contribution in [1.82, 2.24) is 4.90 Å². The van der Waals surface area contributed by atoms with Gasteiger partial charge >= 0.3 is 6.09 Å². The van der Waals surface area contributed by atoms with Crippen molar-refractivity contribution in [2.24, 2.45) is 11.7 Å². The smallest absolute Gasteiger partial charge is 0.410 e. The van der Waals surface area contributed by atoms with E-state index in [2.05, 4.69) is 0 Å². The fourth-order valence-electron chi connectivity index (χ4n) is 2.98. The minimum absolute atomic E-state index is 0.0293. The molecule has 17 heavy (non-hydrogen) atoms. The zero-order chi connectivity index (χ0) is 12.8. The Morgan fingerprint density at radius 2 is 2.12 bits per heavy atom. The van der Waals surface area contributed by atoms with Gasteiger partial charge in [0.1, 0.15) is 11.8 Å². The number of ether oxygens (including phenoxy) is 1. The van der Waals surface area contributed by atoms with Crippen LogP contribution in [0.25, 0.3) is 0 Å². The summed E-state index contributed by atoms with van der Waals surface area (Å²) in [5.41, 5.74) is 5.14. The van der Waals surface area contributed by atoms with E-state index >= 15 is 0 Å². The zero-order valence-electron chi connectivity index (χ0n) is 10.6. The number of piperidine rings is 1. The second kappa shape index (κ2) is 4.12. The van der Waals surface area contributed by atoms with Gasteiger partial charge in [-0.25, -0.2) is 9.18 Å². The number of likely N-dealkylation sites (tertiary alicyclic amines) is 1. The highest BCUT2D eigenvalue weighted by Crippen LogP contribution is 2.44. The van der Waals surface area contributed by atoms with Crippen LogP contribution in [0.1, 0.15) is 33.6 Å². The van der Waals surface area contributed by atoms with Crippen LogP contribution in [0.4, 0.5) is 9.18 Å². The van der Waals surface area contributed by atoms with Crippen LogP contribution in [0.3, 0.4) is 0 Å². The summed E-state index contributed by atoms with van der Waals surface area (Å²) in [7, 11) is 0. The lowest BCUT2D eigenvalue weighted by molar-refractivity contribution is 0.00109. The fraction of sp³-hybridized carbons (Fsp3) is 0.917. The van der Waals surface area contributed by atoms with E-state index in [-0.39, 0.29) is 24.1 Å². The van der Waals surface area contributed by atoms with Gasteiger partial charge in [0.05, 0.1) is 6.04 Å². The van der Waals surface area contributed by atoms with Crippen molar-refractivity contribution in [3.05, 3.63) is 0 Å². The molecule has 0 aromatic rings. The first-order valence-electron chi connectivity index (χ1n) is 6.19. The van der Waals surface area contributed by atoms with Crippen LogP contribution in [0.15, 0.2) is 0 Å². The van der Waals surface area contributed by atoms with E-state index in [1.54, 1.807) is 4.90 Å². The third-order valence-corrected chi connectivity index (χ3v) is 3.60. The quantitative estimate of drug-likeness (QED) is 0.763. The molecule has 1 amide bonds. The van der Waals surface area contributed by atoms with Gasteiger partial charge in [0.25, 0.3) is 0 Å². The van der Waals surface area contributed by atoms with Gasteiger partial charge in [-0.1, -0.05) is 0 Å². The SMILES string of the molecule is CC(C)(C)OC(=O)N1C2C[C@@H]([C@H](F)C2)[C@@H]1CN. The fourth-order valence-corrected chi connectivity index (χ4v) is 2.98. The Labute approximate surface area is 101 Å². The maximum atomic E-state index is 13.6. The van der Waals surface area contributed by atoms with Crippen molar-refractivity contribution in [3.8, 4) is 0 Å². The molecule has 1 aliphatic carbocycles. The van der Waals surface area contributed by atoms with Crippen LogP contribution in [0.2, 0.25) is 0 Å². The third-order valence-electron chi connectivity index (χ3n) is 3.60. The molecule has 2 aliphatic rings. The maximum Gasteiger partial charge on any atom is 0.410 e. The Kier molecular flexibility index (Phi) is 3.06. The summed E-state index contributed by atoms with van der Waals surface area (Å²) in [4.78, 5) is 13.7. The normalized spacial score (nSPS) is 36.4. The maximum absolute atomic E-state index is 13.6. The highest BCUT2D eigenvalue weighted by molar-refractivity contribution is 5.70. The van der Waals surface area contributed by atoms with E-state index in [4.69, 9.17) is 10.5 Å². The van der Waals surface area contributed by atoms with Crippen LogP contribution in [0, 0.1) is 5.92 Å². The van der Waals surface area contributed by atoms with Gasteiger partial charge in [-0.3, -0.25) is 0 Å². The third kappa shape index (κ3) is 2.25. The van der Waals surface area contributed by atoms with Gasteiger partial charge in [-0.15, -0.1) is 0 Å². The molecule has 4 atom stereocenters. The highest BCUT2D eigenvalue weighted by atomic mass is 19.1. The minimum Gasteiger partial charge on any atom is -0.444 e. The average Bonchev–Trinajstić information content (AvgIpc) is 2.69. The Balaban J connectivity index is 2.09. The number of fused-ring (bicyclic) bond motifs is 2. The van der Waals surface area contributed by atoms with Gasteiger partial charge in [0.2, 0.25) is 0 Å². The number of nitrogens with zero attached hydrogens (tertiary/aromatic N) is 1. The number of halogens is 1. The monoisotopic (exact) mass is 244 g/mol. The van der Waals surface area contributed by atoms with Crippen molar-refractivity contribution in [1.29, 1.82) is 0 Å². The molecular formula is C12H21FN2O2. The van der Waals surface area contributed by atoms with Crippen molar-refractivity contribution in [2.45, 2.75) is 57.5 Å². The first-order valence-corrected chi connectivity index (χ1v) is 6.19. The Hall–Kier alpha value is -0.840. The second-order valence-electron chi connectivity index (χ2n) is 6.00. The summed E-state index contributed by atoms with van der Waals surface area (Å²) in [6.45, 7) is 5.79. The van der Waals surface area contributed by atoms with Gasteiger partial charge in [0, 0.05) is 18.5 Å². The zero-order valence-corrected chi connectivity index (χ0v) is 10.6. The molecule has 4 nitrogen and oxygen atoms in total. The molecule has 1 saturated heterocycles. The molecule has 1 aliphatic heterocycles. The highest BCUT2D eigenvalue weighted by Gasteiger charge is 2.53. The molecule has 0 aromatic carbocycles. The molecule has 5 heteroatoms. The molecular weight excluding hydrogens is 223 g/mol. The van der Waals surface area contributed by atoms with Crippen LogP contribution in [0.5, 0.6) is 0 Å². The van der Waals surface area contributed by atoms with Crippen LogP contribution >= 0.6 is 0 Å². The lowest BCUT2D eigenvalue weighted by atomic mass is 9.97. The topological polar surface area (TPSA) is 55.6 Å². The first-order chi connectivity index (χ1) is 7.83. The molecule has 1 unspecified atom stereocenters. The molecule has 2 fully saturated rings. The van der Waals surface area contributed by atoms with Gasteiger partial charge in [0.15, 0.2) is 0 Å².